The van der Waals surface area contributed by atoms with Crippen molar-refractivity contribution in [1.29, 1.82) is 0 Å². The molecular weight excluding hydrogens is 328 g/mol. The Morgan fingerprint density at radius 1 is 1.29 bits per heavy atom. The first-order valence-electron chi connectivity index (χ1n) is 7.58. The number of hydrogen-bond acceptors (Lipinski definition) is 3. The van der Waals surface area contributed by atoms with Gasteiger partial charge >= 0.3 is 0 Å². The lowest BCUT2D eigenvalue weighted by Gasteiger charge is -2.33. The summed E-state index contributed by atoms with van der Waals surface area (Å²) in [4.78, 5) is 26.3. The first kappa shape index (κ1) is 16.3. The molecule has 2 amide bonds. The zero-order chi connectivity index (χ0) is 17.3. The van der Waals surface area contributed by atoms with Gasteiger partial charge in [-0.05, 0) is 43.7 Å². The van der Waals surface area contributed by atoms with E-state index in [0.717, 1.165) is 5.56 Å². The molecule has 1 aliphatic rings. The van der Waals surface area contributed by atoms with Crippen LogP contribution in [0.25, 0.3) is 0 Å². The number of amides is 2. The zero-order valence-electron chi connectivity index (χ0n) is 13.4. The molecule has 2 aromatic rings. The van der Waals surface area contributed by atoms with E-state index in [2.05, 4.69) is 5.32 Å². The molecular formula is C18H17ClN2O3. The van der Waals surface area contributed by atoms with Crippen molar-refractivity contribution in [3.8, 4) is 5.75 Å². The second-order valence-electron chi connectivity index (χ2n) is 5.65. The largest absolute Gasteiger partial charge is 0.482 e. The van der Waals surface area contributed by atoms with Crippen molar-refractivity contribution in [3.63, 3.8) is 0 Å². The first-order chi connectivity index (χ1) is 11.5. The fourth-order valence-electron chi connectivity index (χ4n) is 2.58. The molecule has 0 spiro atoms. The number of halogens is 1. The normalized spacial score (nSPS) is 14.6. The van der Waals surface area contributed by atoms with Gasteiger partial charge in [-0.2, -0.15) is 0 Å². The summed E-state index contributed by atoms with van der Waals surface area (Å²) >= 11 is 6.08. The average molecular weight is 345 g/mol. The summed E-state index contributed by atoms with van der Waals surface area (Å²) in [5.41, 5.74) is 2.12. The number of carbonyl (C=O) groups excluding carboxylic acids is 2. The SMILES string of the molecule is Cc1ccc(NC(=O)C(C)N2C(=O)COc3ccccc32)cc1Cl. The molecule has 0 aliphatic carbocycles. The highest BCUT2D eigenvalue weighted by atomic mass is 35.5. The van der Waals surface area contributed by atoms with Crippen molar-refractivity contribution < 1.29 is 14.3 Å². The molecule has 2 aromatic carbocycles. The van der Waals surface area contributed by atoms with Crippen LogP contribution >= 0.6 is 11.6 Å². The van der Waals surface area contributed by atoms with Crippen molar-refractivity contribution in [1.82, 2.24) is 0 Å². The molecule has 5 nitrogen and oxygen atoms in total. The number of ether oxygens (including phenoxy) is 1. The number of hydrogen-bond donors (Lipinski definition) is 1. The Kier molecular flexibility index (Phi) is 4.44. The van der Waals surface area contributed by atoms with E-state index in [0.29, 0.717) is 22.1 Å². The Morgan fingerprint density at radius 2 is 2.04 bits per heavy atom. The molecule has 0 aromatic heterocycles. The third-order valence-corrected chi connectivity index (χ3v) is 4.36. The van der Waals surface area contributed by atoms with E-state index in [9.17, 15) is 9.59 Å². The number of carbonyl (C=O) groups is 2. The number of anilines is 2. The second-order valence-corrected chi connectivity index (χ2v) is 6.06. The average Bonchev–Trinajstić information content (AvgIpc) is 2.57. The van der Waals surface area contributed by atoms with Crippen molar-refractivity contribution in [2.24, 2.45) is 0 Å². The molecule has 0 saturated heterocycles. The standard InChI is InChI=1S/C18H17ClN2O3/c1-11-7-8-13(9-14(11)19)20-18(23)12(2)21-15-5-3-4-6-16(15)24-10-17(21)22/h3-9,12H,10H2,1-2H3,(H,20,23). The minimum Gasteiger partial charge on any atom is -0.482 e. The molecule has 24 heavy (non-hydrogen) atoms. The summed E-state index contributed by atoms with van der Waals surface area (Å²) in [5, 5.41) is 3.38. The third kappa shape index (κ3) is 3.08. The summed E-state index contributed by atoms with van der Waals surface area (Å²) < 4.78 is 5.40. The van der Waals surface area contributed by atoms with E-state index >= 15 is 0 Å². The minimum atomic E-state index is -0.678. The van der Waals surface area contributed by atoms with Crippen molar-refractivity contribution in [2.75, 3.05) is 16.8 Å². The highest BCUT2D eigenvalue weighted by Crippen LogP contribution is 2.33. The number of aryl methyl sites for hydroxylation is 1. The fraction of sp³-hybridized carbons (Fsp3) is 0.222. The van der Waals surface area contributed by atoms with Gasteiger partial charge in [-0.15, -0.1) is 0 Å². The van der Waals surface area contributed by atoms with Gasteiger partial charge in [-0.25, -0.2) is 0 Å². The summed E-state index contributed by atoms with van der Waals surface area (Å²) in [6.45, 7) is 3.50. The Labute approximate surface area is 145 Å². The van der Waals surface area contributed by atoms with Crippen LogP contribution in [-0.4, -0.2) is 24.5 Å². The highest BCUT2D eigenvalue weighted by Gasteiger charge is 2.32. The number of benzene rings is 2. The van der Waals surface area contributed by atoms with E-state index in [4.69, 9.17) is 16.3 Å². The second kappa shape index (κ2) is 6.53. The third-order valence-electron chi connectivity index (χ3n) is 3.95. The highest BCUT2D eigenvalue weighted by molar-refractivity contribution is 6.31. The van der Waals surface area contributed by atoms with Crippen LogP contribution in [0.1, 0.15) is 12.5 Å². The summed E-state index contributed by atoms with van der Waals surface area (Å²) in [6, 6.07) is 11.8. The van der Waals surface area contributed by atoms with Crippen molar-refractivity contribution in [2.45, 2.75) is 19.9 Å². The van der Waals surface area contributed by atoms with E-state index in [1.807, 2.05) is 19.1 Å². The Hall–Kier alpha value is -2.53. The van der Waals surface area contributed by atoms with Crippen LogP contribution < -0.4 is 15.0 Å². The van der Waals surface area contributed by atoms with Gasteiger partial charge in [0.05, 0.1) is 5.69 Å². The summed E-state index contributed by atoms with van der Waals surface area (Å²) in [7, 11) is 0. The number of fused-ring (bicyclic) bond motifs is 1. The summed E-state index contributed by atoms with van der Waals surface area (Å²) in [6.07, 6.45) is 0. The van der Waals surface area contributed by atoms with Crippen LogP contribution in [-0.2, 0) is 9.59 Å². The zero-order valence-corrected chi connectivity index (χ0v) is 14.1. The van der Waals surface area contributed by atoms with Crippen LogP contribution in [0.3, 0.4) is 0 Å². The van der Waals surface area contributed by atoms with Crippen LogP contribution in [0.4, 0.5) is 11.4 Å². The van der Waals surface area contributed by atoms with E-state index in [1.165, 1.54) is 4.90 Å². The smallest absolute Gasteiger partial charge is 0.265 e. The Bertz CT molecular complexity index is 807. The maximum absolute atomic E-state index is 12.6. The predicted molar refractivity (Wildman–Crippen MR) is 93.7 cm³/mol. The molecule has 1 heterocycles. The number of rotatable bonds is 3. The molecule has 0 fully saturated rings. The van der Waals surface area contributed by atoms with Crippen LogP contribution in [0.5, 0.6) is 5.75 Å². The minimum absolute atomic E-state index is 0.0784. The van der Waals surface area contributed by atoms with Gasteiger partial charge in [0.2, 0.25) is 5.91 Å². The Morgan fingerprint density at radius 3 is 2.79 bits per heavy atom. The van der Waals surface area contributed by atoms with Crippen LogP contribution in [0.15, 0.2) is 42.5 Å². The van der Waals surface area contributed by atoms with Crippen molar-refractivity contribution >= 4 is 34.8 Å². The maximum atomic E-state index is 12.6. The molecule has 1 N–H and O–H groups in total. The molecule has 1 unspecified atom stereocenters. The predicted octanol–water partition coefficient (Wildman–Crippen LogP) is 3.40. The molecule has 124 valence electrons. The lowest BCUT2D eigenvalue weighted by atomic mass is 10.1. The lowest BCUT2D eigenvalue weighted by molar-refractivity contribution is -0.125. The van der Waals surface area contributed by atoms with Gasteiger partial charge in [0, 0.05) is 10.7 Å². The molecule has 3 rings (SSSR count). The van der Waals surface area contributed by atoms with Gasteiger partial charge in [0.25, 0.3) is 5.91 Å². The van der Waals surface area contributed by atoms with Gasteiger partial charge < -0.3 is 10.1 Å². The van der Waals surface area contributed by atoms with Gasteiger partial charge in [0.15, 0.2) is 6.61 Å². The van der Waals surface area contributed by atoms with E-state index < -0.39 is 6.04 Å². The fourth-order valence-corrected chi connectivity index (χ4v) is 2.76. The summed E-state index contributed by atoms with van der Waals surface area (Å²) in [5.74, 6) is 0.0494. The quantitative estimate of drug-likeness (QED) is 0.928. The van der Waals surface area contributed by atoms with Gasteiger partial charge in [-0.1, -0.05) is 29.8 Å². The molecule has 1 aliphatic heterocycles. The number of nitrogens with one attached hydrogen (secondary N) is 1. The number of nitrogens with zero attached hydrogens (tertiary/aromatic N) is 1. The van der Waals surface area contributed by atoms with Gasteiger partial charge in [0.1, 0.15) is 11.8 Å². The maximum Gasteiger partial charge on any atom is 0.265 e. The Balaban J connectivity index is 1.82. The van der Waals surface area contributed by atoms with Gasteiger partial charge in [-0.3, -0.25) is 14.5 Å². The molecule has 6 heteroatoms. The first-order valence-corrected chi connectivity index (χ1v) is 7.96. The van der Waals surface area contributed by atoms with E-state index in [-0.39, 0.29) is 18.4 Å². The molecule has 0 radical (unpaired) electrons. The monoisotopic (exact) mass is 344 g/mol. The van der Waals surface area contributed by atoms with E-state index in [1.54, 1.807) is 37.3 Å². The topological polar surface area (TPSA) is 58.6 Å². The molecule has 0 bridgehead atoms. The van der Waals surface area contributed by atoms with Crippen LogP contribution in [0, 0.1) is 6.92 Å². The lowest BCUT2D eigenvalue weighted by Crippen LogP contribution is -2.49. The molecule has 0 saturated carbocycles. The number of para-hydroxylation sites is 2. The van der Waals surface area contributed by atoms with Crippen LogP contribution in [0.2, 0.25) is 5.02 Å². The van der Waals surface area contributed by atoms with Crippen molar-refractivity contribution in [3.05, 3.63) is 53.1 Å². The molecule has 1 atom stereocenters.